The van der Waals surface area contributed by atoms with Gasteiger partial charge in [-0.15, -0.1) is 11.3 Å². The number of nitrogens with zero attached hydrogens (tertiary/aromatic N) is 1. The maximum Gasteiger partial charge on any atom is 0.180 e. The lowest BCUT2D eigenvalue weighted by atomic mass is 10.1. The zero-order valence-corrected chi connectivity index (χ0v) is 18.4. The van der Waals surface area contributed by atoms with Crippen LogP contribution in [0, 0.1) is 0 Å². The highest BCUT2D eigenvalue weighted by Gasteiger charge is 2.24. The van der Waals surface area contributed by atoms with Crippen LogP contribution in [0.3, 0.4) is 0 Å². The molecule has 3 aromatic carbocycles. The molecule has 1 aliphatic rings. The van der Waals surface area contributed by atoms with Gasteiger partial charge >= 0.3 is 0 Å². The molecule has 0 spiro atoms. The third kappa shape index (κ3) is 3.05. The molecule has 5 aromatic rings. The zero-order chi connectivity index (χ0) is 21.5. The first kappa shape index (κ1) is 19.0. The van der Waals surface area contributed by atoms with Gasteiger partial charge in [0.1, 0.15) is 19.0 Å². The Morgan fingerprint density at radius 2 is 1.44 bits per heavy atom. The van der Waals surface area contributed by atoms with Gasteiger partial charge in [-0.1, -0.05) is 36.4 Å². The van der Waals surface area contributed by atoms with E-state index in [-0.39, 0.29) is 0 Å². The molecule has 158 valence electrons. The van der Waals surface area contributed by atoms with Gasteiger partial charge in [0.2, 0.25) is 0 Å². The van der Waals surface area contributed by atoms with Gasteiger partial charge in [-0.05, 0) is 48.0 Å². The van der Waals surface area contributed by atoms with E-state index in [1.165, 1.54) is 21.8 Å². The molecular weight excluding hydrogens is 418 g/mol. The zero-order valence-electron chi connectivity index (χ0n) is 17.6. The van der Waals surface area contributed by atoms with E-state index in [0.717, 1.165) is 32.6 Å². The van der Waals surface area contributed by atoms with Gasteiger partial charge in [0.15, 0.2) is 11.5 Å². The highest BCUT2D eigenvalue weighted by Crippen LogP contribution is 2.50. The molecule has 0 saturated heterocycles. The minimum absolute atomic E-state index is 0.558. The van der Waals surface area contributed by atoms with E-state index in [2.05, 4.69) is 77.5 Å². The highest BCUT2D eigenvalue weighted by molar-refractivity contribution is 7.17. The van der Waals surface area contributed by atoms with Crippen LogP contribution >= 0.6 is 11.3 Å². The number of rotatable bonds is 4. The summed E-state index contributed by atoms with van der Waals surface area (Å²) in [6.07, 6.45) is 4.26. The smallest absolute Gasteiger partial charge is 0.180 e. The summed E-state index contributed by atoms with van der Waals surface area (Å²) >= 11 is 1.68. The Balaban J connectivity index is 1.47. The minimum Gasteiger partial charge on any atom is -0.497 e. The summed E-state index contributed by atoms with van der Waals surface area (Å²) in [5.41, 5.74) is 3.46. The summed E-state index contributed by atoms with van der Waals surface area (Å²) in [5, 5.41) is 2.50. The lowest BCUT2D eigenvalue weighted by Gasteiger charge is -2.17. The van der Waals surface area contributed by atoms with E-state index in [0.29, 0.717) is 13.2 Å². The largest absolute Gasteiger partial charge is 0.497 e. The maximum absolute atomic E-state index is 6.05. The predicted octanol–water partition coefficient (Wildman–Crippen LogP) is 6.93. The molecule has 4 nitrogen and oxygen atoms in total. The van der Waals surface area contributed by atoms with E-state index < -0.39 is 0 Å². The van der Waals surface area contributed by atoms with Crippen molar-refractivity contribution in [3.05, 3.63) is 77.7 Å². The molecule has 0 atom stereocenters. The first-order chi connectivity index (χ1) is 15.8. The Hall–Kier alpha value is -3.70. The van der Waals surface area contributed by atoms with Crippen LogP contribution in [0.2, 0.25) is 0 Å². The van der Waals surface area contributed by atoms with Crippen molar-refractivity contribution >= 4 is 45.4 Å². The van der Waals surface area contributed by atoms with Crippen LogP contribution in [0.1, 0.15) is 4.88 Å². The van der Waals surface area contributed by atoms with Crippen LogP contribution in [-0.2, 0) is 0 Å². The summed E-state index contributed by atoms with van der Waals surface area (Å²) in [6.45, 7) is 1.12. The molecule has 2 aromatic heterocycles. The number of fused-ring (bicyclic) bond motifs is 4. The average molecular weight is 440 g/mol. The number of benzene rings is 3. The molecule has 3 heterocycles. The van der Waals surface area contributed by atoms with Gasteiger partial charge in [0.05, 0.1) is 27.9 Å². The quantitative estimate of drug-likeness (QED) is 0.304. The van der Waals surface area contributed by atoms with E-state index in [4.69, 9.17) is 14.2 Å². The second-order valence-electron chi connectivity index (χ2n) is 7.60. The topological polar surface area (TPSA) is 32.6 Å². The third-order valence-electron chi connectivity index (χ3n) is 5.77. The maximum atomic E-state index is 6.05. The Bertz CT molecular complexity index is 1410. The minimum atomic E-state index is 0.558. The number of thiophene rings is 1. The fourth-order valence-electron chi connectivity index (χ4n) is 4.27. The number of methoxy groups -OCH3 is 1. The second-order valence-corrected chi connectivity index (χ2v) is 8.65. The monoisotopic (exact) mass is 439 g/mol. The standard InChI is InChI=1S/C27H21NO3S/c1-29-19-12-10-18(11-13-19)27-26-25(30-16-17-31-26)24(32-27)14-15-28-22-8-4-2-6-20(22)21-7-3-5-9-23(21)28/h2-15H,16-17H2,1H3/b15-14+. The summed E-state index contributed by atoms with van der Waals surface area (Å²) in [6, 6.07) is 25.1. The van der Waals surface area contributed by atoms with E-state index in [1.54, 1.807) is 18.4 Å². The van der Waals surface area contributed by atoms with Gasteiger partial charge in [0.25, 0.3) is 0 Å². The Morgan fingerprint density at radius 3 is 2.09 bits per heavy atom. The average Bonchev–Trinajstić information content (AvgIpc) is 3.39. The molecule has 0 radical (unpaired) electrons. The molecule has 5 heteroatoms. The number of aromatic nitrogens is 1. The third-order valence-corrected chi connectivity index (χ3v) is 6.94. The molecule has 0 bridgehead atoms. The van der Waals surface area contributed by atoms with Crippen molar-refractivity contribution in [2.45, 2.75) is 0 Å². The van der Waals surface area contributed by atoms with Gasteiger partial charge in [-0.25, -0.2) is 0 Å². The van der Waals surface area contributed by atoms with Crippen molar-refractivity contribution in [2.24, 2.45) is 0 Å². The molecule has 0 aliphatic carbocycles. The van der Waals surface area contributed by atoms with Crippen molar-refractivity contribution in [3.8, 4) is 27.7 Å². The normalized spacial score (nSPS) is 13.3. The summed E-state index contributed by atoms with van der Waals surface area (Å²) in [4.78, 5) is 2.12. The van der Waals surface area contributed by atoms with Gasteiger partial charge in [0, 0.05) is 17.0 Å². The molecule has 1 aliphatic heterocycles. The fraction of sp³-hybridized carbons (Fsp3) is 0.111. The van der Waals surface area contributed by atoms with Crippen molar-refractivity contribution in [3.63, 3.8) is 0 Å². The van der Waals surface area contributed by atoms with Crippen LogP contribution in [0.15, 0.2) is 72.8 Å². The van der Waals surface area contributed by atoms with E-state index >= 15 is 0 Å². The molecule has 0 unspecified atom stereocenters. The molecule has 0 N–H and O–H groups in total. The number of hydrogen-bond donors (Lipinski definition) is 0. The Labute approximate surface area is 189 Å². The van der Waals surface area contributed by atoms with Crippen molar-refractivity contribution in [1.82, 2.24) is 4.57 Å². The molecule has 6 rings (SSSR count). The lowest BCUT2D eigenvalue weighted by molar-refractivity contribution is 0.174. The molecule has 0 fully saturated rings. The first-order valence-electron chi connectivity index (χ1n) is 10.6. The van der Waals surface area contributed by atoms with Gasteiger partial charge < -0.3 is 18.8 Å². The van der Waals surface area contributed by atoms with E-state index in [1.807, 2.05) is 12.1 Å². The van der Waals surface area contributed by atoms with Crippen molar-refractivity contribution in [2.75, 3.05) is 20.3 Å². The fourth-order valence-corrected chi connectivity index (χ4v) is 5.36. The van der Waals surface area contributed by atoms with E-state index in [9.17, 15) is 0 Å². The Morgan fingerprint density at radius 1 is 0.812 bits per heavy atom. The second kappa shape index (κ2) is 7.77. The molecular formula is C27H21NO3S. The van der Waals surface area contributed by atoms with Crippen LogP contribution < -0.4 is 14.2 Å². The summed E-state index contributed by atoms with van der Waals surface area (Å²) < 4.78 is 19.6. The Kier molecular flexibility index (Phi) is 4.62. The number of para-hydroxylation sites is 2. The molecule has 0 amide bonds. The summed E-state index contributed by atoms with van der Waals surface area (Å²) in [5.74, 6) is 2.49. The van der Waals surface area contributed by atoms with Crippen LogP contribution in [0.5, 0.6) is 17.2 Å². The molecule has 0 saturated carbocycles. The lowest BCUT2D eigenvalue weighted by Crippen LogP contribution is -2.14. The number of ether oxygens (including phenoxy) is 3. The van der Waals surface area contributed by atoms with Crippen LogP contribution in [-0.4, -0.2) is 24.9 Å². The van der Waals surface area contributed by atoms with Crippen LogP contribution in [0.25, 0.3) is 44.5 Å². The highest BCUT2D eigenvalue weighted by atomic mass is 32.1. The van der Waals surface area contributed by atoms with Crippen LogP contribution in [0.4, 0.5) is 0 Å². The SMILES string of the molecule is COc1ccc(-c2sc(/C=C/n3c4ccccc4c4ccccc43)c3c2OCCO3)cc1. The van der Waals surface area contributed by atoms with Crippen molar-refractivity contribution < 1.29 is 14.2 Å². The molecule has 32 heavy (non-hydrogen) atoms. The first-order valence-corrected chi connectivity index (χ1v) is 11.4. The van der Waals surface area contributed by atoms with Gasteiger partial charge in [-0.3, -0.25) is 0 Å². The predicted molar refractivity (Wildman–Crippen MR) is 132 cm³/mol. The number of hydrogen-bond acceptors (Lipinski definition) is 4. The van der Waals surface area contributed by atoms with Crippen molar-refractivity contribution in [1.29, 1.82) is 0 Å². The van der Waals surface area contributed by atoms with Gasteiger partial charge in [-0.2, -0.15) is 0 Å². The summed E-state index contributed by atoms with van der Waals surface area (Å²) in [7, 11) is 1.68.